The van der Waals surface area contributed by atoms with Gasteiger partial charge in [-0.15, -0.1) is 0 Å². The number of rotatable bonds is 1. The molecule has 102 valence electrons. The van der Waals surface area contributed by atoms with Crippen molar-refractivity contribution in [3.05, 3.63) is 0 Å². The fourth-order valence-corrected chi connectivity index (χ4v) is 3.14. The molecule has 2 rings (SSSR count). The Hall–Kier alpha value is -0.0800. The van der Waals surface area contributed by atoms with Crippen LogP contribution in [0.1, 0.15) is 47.5 Å². The summed E-state index contributed by atoms with van der Waals surface area (Å²) < 4.78 is 0. The zero-order valence-corrected chi connectivity index (χ0v) is 12.6. The Morgan fingerprint density at radius 1 is 1.12 bits per heavy atom. The average molecular weight is 240 g/mol. The quantitative estimate of drug-likeness (QED) is 0.758. The second-order valence-electron chi connectivity index (χ2n) is 6.60. The number of piperidine rings is 2. The van der Waals surface area contributed by atoms with Gasteiger partial charge in [-0.3, -0.25) is 0 Å². The van der Waals surface area contributed by atoms with Gasteiger partial charge in [0.1, 0.15) is 0 Å². The maximum atomic E-state index is 3.53. The average Bonchev–Trinajstić information content (AvgIpc) is 2.29. The molecule has 0 spiro atoms. The van der Waals surface area contributed by atoms with Crippen molar-refractivity contribution in [3.63, 3.8) is 0 Å². The highest BCUT2D eigenvalue weighted by molar-refractivity contribution is 4.86. The molecule has 2 fully saturated rings. The molecular formula is C15H32N2. The van der Waals surface area contributed by atoms with Crippen molar-refractivity contribution in [2.75, 3.05) is 32.7 Å². The fourth-order valence-electron chi connectivity index (χ4n) is 3.14. The van der Waals surface area contributed by atoms with Crippen LogP contribution < -0.4 is 5.32 Å². The smallest absolute Gasteiger partial charge is 0.00302 e. The highest BCUT2D eigenvalue weighted by Gasteiger charge is 2.32. The standard InChI is InChI=1S/C13H26N2.C2H6/c1-13(2,3)10-15-7-5-11-8-14-6-4-12(11)9-15;1-2/h11-12,14H,4-10H2,1-3H3;1-2H3. The van der Waals surface area contributed by atoms with Crippen LogP contribution in [0.3, 0.4) is 0 Å². The van der Waals surface area contributed by atoms with E-state index in [0.717, 1.165) is 11.8 Å². The monoisotopic (exact) mass is 240 g/mol. The summed E-state index contributed by atoms with van der Waals surface area (Å²) in [7, 11) is 0. The molecule has 0 aromatic heterocycles. The normalized spacial score (nSPS) is 30.2. The Balaban J connectivity index is 0.000000686. The van der Waals surface area contributed by atoms with Crippen molar-refractivity contribution in [3.8, 4) is 0 Å². The van der Waals surface area contributed by atoms with Crippen molar-refractivity contribution < 1.29 is 0 Å². The van der Waals surface area contributed by atoms with Crippen molar-refractivity contribution >= 4 is 0 Å². The van der Waals surface area contributed by atoms with Gasteiger partial charge in [-0.25, -0.2) is 0 Å². The molecular weight excluding hydrogens is 208 g/mol. The van der Waals surface area contributed by atoms with Crippen LogP contribution in [0.15, 0.2) is 0 Å². The molecule has 17 heavy (non-hydrogen) atoms. The van der Waals surface area contributed by atoms with Crippen LogP contribution in [0.25, 0.3) is 0 Å². The van der Waals surface area contributed by atoms with E-state index in [1.165, 1.54) is 45.6 Å². The first-order valence-electron chi connectivity index (χ1n) is 7.48. The van der Waals surface area contributed by atoms with E-state index in [0.29, 0.717) is 5.41 Å². The third-order valence-electron chi connectivity index (χ3n) is 3.77. The Morgan fingerprint density at radius 3 is 2.47 bits per heavy atom. The largest absolute Gasteiger partial charge is 0.316 e. The predicted molar refractivity (Wildman–Crippen MR) is 76.3 cm³/mol. The number of fused-ring (bicyclic) bond motifs is 1. The van der Waals surface area contributed by atoms with Gasteiger partial charge in [0, 0.05) is 13.1 Å². The van der Waals surface area contributed by atoms with Gasteiger partial charge >= 0.3 is 0 Å². The molecule has 2 atom stereocenters. The summed E-state index contributed by atoms with van der Waals surface area (Å²) >= 11 is 0. The molecule has 2 aliphatic heterocycles. The van der Waals surface area contributed by atoms with Crippen LogP contribution in [0.5, 0.6) is 0 Å². The van der Waals surface area contributed by atoms with Crippen LogP contribution in [-0.2, 0) is 0 Å². The zero-order chi connectivity index (χ0) is 12.9. The molecule has 2 nitrogen and oxygen atoms in total. The molecule has 0 aromatic carbocycles. The zero-order valence-electron chi connectivity index (χ0n) is 12.6. The number of likely N-dealkylation sites (tertiary alicyclic amines) is 1. The first-order chi connectivity index (χ1) is 8.04. The second-order valence-corrected chi connectivity index (χ2v) is 6.60. The highest BCUT2D eigenvalue weighted by atomic mass is 15.1. The maximum absolute atomic E-state index is 3.53. The summed E-state index contributed by atoms with van der Waals surface area (Å²) in [5, 5.41) is 3.53. The van der Waals surface area contributed by atoms with Gasteiger partial charge in [0.2, 0.25) is 0 Å². The minimum absolute atomic E-state index is 0.458. The van der Waals surface area contributed by atoms with Crippen molar-refractivity contribution in [2.45, 2.75) is 47.5 Å². The summed E-state index contributed by atoms with van der Waals surface area (Å²) in [5.41, 5.74) is 0.458. The van der Waals surface area contributed by atoms with E-state index in [9.17, 15) is 0 Å². The van der Waals surface area contributed by atoms with Crippen LogP contribution in [0.2, 0.25) is 0 Å². The molecule has 1 N–H and O–H groups in total. The van der Waals surface area contributed by atoms with E-state index >= 15 is 0 Å². The summed E-state index contributed by atoms with van der Waals surface area (Å²) in [6, 6.07) is 0. The van der Waals surface area contributed by atoms with Gasteiger partial charge in [0.05, 0.1) is 0 Å². The van der Waals surface area contributed by atoms with Gasteiger partial charge in [0.15, 0.2) is 0 Å². The van der Waals surface area contributed by atoms with Crippen LogP contribution in [0, 0.1) is 17.3 Å². The lowest BCUT2D eigenvalue weighted by Gasteiger charge is -2.43. The second kappa shape index (κ2) is 6.75. The van der Waals surface area contributed by atoms with Gasteiger partial charge in [-0.1, -0.05) is 34.6 Å². The van der Waals surface area contributed by atoms with E-state index in [4.69, 9.17) is 0 Å². The number of hydrogen-bond donors (Lipinski definition) is 1. The molecule has 0 aliphatic carbocycles. The third kappa shape index (κ3) is 4.97. The summed E-state index contributed by atoms with van der Waals surface area (Å²) in [6.45, 7) is 17.5. The van der Waals surface area contributed by atoms with E-state index in [2.05, 4.69) is 31.0 Å². The van der Waals surface area contributed by atoms with Gasteiger partial charge in [-0.2, -0.15) is 0 Å². The molecule has 0 bridgehead atoms. The molecule has 2 aliphatic rings. The predicted octanol–water partition coefficient (Wildman–Crippen LogP) is 2.99. The Labute approximate surface area is 108 Å². The number of nitrogens with one attached hydrogen (secondary N) is 1. The topological polar surface area (TPSA) is 15.3 Å². The van der Waals surface area contributed by atoms with E-state index in [-0.39, 0.29) is 0 Å². The number of nitrogens with zero attached hydrogens (tertiary/aromatic N) is 1. The maximum Gasteiger partial charge on any atom is 0.00302 e. The first-order valence-corrected chi connectivity index (χ1v) is 7.48. The molecule has 0 amide bonds. The fraction of sp³-hybridized carbons (Fsp3) is 1.00. The summed E-state index contributed by atoms with van der Waals surface area (Å²) in [5.74, 6) is 1.94. The molecule has 0 saturated carbocycles. The van der Waals surface area contributed by atoms with Crippen LogP contribution in [-0.4, -0.2) is 37.6 Å². The molecule has 2 saturated heterocycles. The van der Waals surface area contributed by atoms with Crippen LogP contribution >= 0.6 is 0 Å². The molecule has 0 aromatic rings. The first kappa shape index (κ1) is 15.0. The summed E-state index contributed by atoms with van der Waals surface area (Å²) in [4.78, 5) is 2.69. The lowest BCUT2D eigenvalue weighted by Crippen LogP contribution is -2.49. The minimum atomic E-state index is 0.458. The van der Waals surface area contributed by atoms with E-state index in [1.54, 1.807) is 0 Å². The lowest BCUT2D eigenvalue weighted by molar-refractivity contribution is 0.0712. The van der Waals surface area contributed by atoms with Crippen LogP contribution in [0.4, 0.5) is 0 Å². The van der Waals surface area contributed by atoms with Gasteiger partial charge < -0.3 is 10.2 Å². The van der Waals surface area contributed by atoms with Crippen molar-refractivity contribution in [2.24, 2.45) is 17.3 Å². The van der Waals surface area contributed by atoms with Gasteiger partial charge in [-0.05, 0) is 49.7 Å². The van der Waals surface area contributed by atoms with E-state index in [1.807, 2.05) is 13.8 Å². The van der Waals surface area contributed by atoms with Gasteiger partial charge in [0.25, 0.3) is 0 Å². The molecule has 2 heteroatoms. The third-order valence-corrected chi connectivity index (χ3v) is 3.77. The molecule has 2 unspecified atom stereocenters. The van der Waals surface area contributed by atoms with E-state index < -0.39 is 0 Å². The summed E-state index contributed by atoms with van der Waals surface area (Å²) in [6.07, 6.45) is 2.80. The lowest BCUT2D eigenvalue weighted by atomic mass is 9.80. The Kier molecular flexibility index (Phi) is 5.94. The number of hydrogen-bond acceptors (Lipinski definition) is 2. The highest BCUT2D eigenvalue weighted by Crippen LogP contribution is 2.29. The molecule has 0 radical (unpaired) electrons. The van der Waals surface area contributed by atoms with Crippen molar-refractivity contribution in [1.29, 1.82) is 0 Å². The minimum Gasteiger partial charge on any atom is -0.316 e. The Morgan fingerprint density at radius 2 is 1.82 bits per heavy atom. The molecule has 2 heterocycles. The SMILES string of the molecule is CC.CC(C)(C)CN1CCC2CNCCC2C1. The van der Waals surface area contributed by atoms with Crippen molar-refractivity contribution in [1.82, 2.24) is 10.2 Å². The Bertz CT molecular complexity index is 207.